The highest BCUT2D eigenvalue weighted by molar-refractivity contribution is 6.31. The van der Waals surface area contributed by atoms with Crippen molar-refractivity contribution in [2.75, 3.05) is 6.54 Å². The average Bonchev–Trinajstić information content (AvgIpc) is 2.15. The Bertz CT molecular complexity index is 355. The molecule has 0 amide bonds. The Kier molecular flexibility index (Phi) is 5.55. The second-order valence-corrected chi connectivity index (χ2v) is 3.45. The fraction of sp³-hybridized carbons (Fsp3) is 0.333. The number of hydrogen-bond donors (Lipinski definition) is 2. The van der Waals surface area contributed by atoms with E-state index in [0.29, 0.717) is 0 Å². The molecule has 7 heteroatoms. The summed E-state index contributed by atoms with van der Waals surface area (Å²) in [6, 6.07) is 2.63. The van der Waals surface area contributed by atoms with E-state index < -0.39 is 17.8 Å². The Morgan fingerprint density at radius 2 is 1.88 bits per heavy atom. The van der Waals surface area contributed by atoms with Gasteiger partial charge in [0.05, 0.1) is 5.56 Å². The molecular weight excluding hydrogens is 264 g/mol. The third-order valence-electron chi connectivity index (χ3n) is 1.98. The maximum absolute atomic E-state index is 12.6. The number of benzene rings is 1. The summed E-state index contributed by atoms with van der Waals surface area (Å²) in [6.07, 6.45) is -4.47. The van der Waals surface area contributed by atoms with Gasteiger partial charge in [-0.25, -0.2) is 0 Å². The zero-order chi connectivity index (χ0) is 11.6. The van der Waals surface area contributed by atoms with Crippen molar-refractivity contribution < 1.29 is 13.2 Å². The van der Waals surface area contributed by atoms with Crippen LogP contribution in [0.5, 0.6) is 0 Å². The lowest BCUT2D eigenvalue weighted by Gasteiger charge is -2.18. The lowest BCUT2D eigenvalue weighted by molar-refractivity contribution is -0.138. The minimum absolute atomic E-state index is 0. The van der Waals surface area contributed by atoms with Gasteiger partial charge in [0.15, 0.2) is 0 Å². The summed E-state index contributed by atoms with van der Waals surface area (Å²) >= 11 is 5.67. The standard InChI is InChI=1S/C9H10ClF3N2.ClH/c10-6-3-1-2-5(9(11,12)13)8(6)7(15)4-14;/h1-3,7H,4,14-15H2;1H/t7-;/m0./s1. The zero-order valence-corrected chi connectivity index (χ0v) is 9.66. The third kappa shape index (κ3) is 3.25. The first-order valence-corrected chi connectivity index (χ1v) is 4.57. The molecule has 4 N–H and O–H groups in total. The van der Waals surface area contributed by atoms with Gasteiger partial charge in [-0.05, 0) is 12.1 Å². The summed E-state index contributed by atoms with van der Waals surface area (Å²) in [5, 5.41) is -0.0113. The molecule has 0 aliphatic carbocycles. The van der Waals surface area contributed by atoms with E-state index in [1.807, 2.05) is 0 Å². The molecule has 16 heavy (non-hydrogen) atoms. The maximum atomic E-state index is 12.6. The summed E-state index contributed by atoms with van der Waals surface area (Å²) in [4.78, 5) is 0. The second kappa shape index (κ2) is 5.72. The van der Waals surface area contributed by atoms with Crippen LogP contribution in [-0.2, 0) is 6.18 Å². The number of alkyl halides is 3. The first kappa shape index (κ1) is 15.5. The molecule has 0 spiro atoms. The summed E-state index contributed by atoms with van der Waals surface area (Å²) in [7, 11) is 0. The molecular formula is C9H11Cl2F3N2. The van der Waals surface area contributed by atoms with E-state index in [1.54, 1.807) is 0 Å². The predicted molar refractivity (Wildman–Crippen MR) is 59.7 cm³/mol. The van der Waals surface area contributed by atoms with Crippen molar-refractivity contribution in [2.24, 2.45) is 11.5 Å². The Morgan fingerprint density at radius 3 is 2.31 bits per heavy atom. The van der Waals surface area contributed by atoms with Crippen LogP contribution in [0.15, 0.2) is 18.2 Å². The molecule has 1 rings (SSSR count). The fourth-order valence-electron chi connectivity index (χ4n) is 1.28. The smallest absolute Gasteiger partial charge is 0.329 e. The van der Waals surface area contributed by atoms with Crippen molar-refractivity contribution in [1.82, 2.24) is 0 Å². The van der Waals surface area contributed by atoms with Crippen molar-refractivity contribution in [3.05, 3.63) is 34.3 Å². The monoisotopic (exact) mass is 274 g/mol. The van der Waals surface area contributed by atoms with Gasteiger partial charge < -0.3 is 11.5 Å². The quantitative estimate of drug-likeness (QED) is 0.871. The molecule has 0 bridgehead atoms. The van der Waals surface area contributed by atoms with E-state index in [-0.39, 0.29) is 29.5 Å². The number of rotatable bonds is 2. The molecule has 0 aliphatic rings. The zero-order valence-electron chi connectivity index (χ0n) is 8.09. The van der Waals surface area contributed by atoms with Crippen LogP contribution in [0.4, 0.5) is 13.2 Å². The Morgan fingerprint density at radius 1 is 1.31 bits per heavy atom. The SMILES string of the molecule is Cl.NC[C@H](N)c1c(Cl)cccc1C(F)(F)F. The van der Waals surface area contributed by atoms with Crippen LogP contribution in [0.2, 0.25) is 5.02 Å². The summed E-state index contributed by atoms with van der Waals surface area (Å²) in [5.74, 6) is 0. The second-order valence-electron chi connectivity index (χ2n) is 3.04. The molecule has 0 saturated heterocycles. The number of nitrogens with two attached hydrogens (primary N) is 2. The minimum atomic E-state index is -4.47. The highest BCUT2D eigenvalue weighted by Gasteiger charge is 2.35. The van der Waals surface area contributed by atoms with Gasteiger partial charge in [0.1, 0.15) is 0 Å². The highest BCUT2D eigenvalue weighted by atomic mass is 35.5. The van der Waals surface area contributed by atoms with Crippen LogP contribution in [0.1, 0.15) is 17.2 Å². The van der Waals surface area contributed by atoms with Crippen molar-refractivity contribution in [3.8, 4) is 0 Å². The average molecular weight is 275 g/mol. The van der Waals surface area contributed by atoms with Crippen LogP contribution in [0, 0.1) is 0 Å². The van der Waals surface area contributed by atoms with Gasteiger partial charge in [-0.15, -0.1) is 12.4 Å². The summed E-state index contributed by atoms with van der Waals surface area (Å²) in [5.41, 5.74) is 9.75. The van der Waals surface area contributed by atoms with Gasteiger partial charge >= 0.3 is 6.18 Å². The maximum Gasteiger partial charge on any atom is 0.416 e. The van der Waals surface area contributed by atoms with Crippen LogP contribution < -0.4 is 11.5 Å². The van der Waals surface area contributed by atoms with E-state index in [2.05, 4.69) is 0 Å². The third-order valence-corrected chi connectivity index (χ3v) is 2.31. The number of halogens is 5. The molecule has 0 unspecified atom stereocenters. The van der Waals surface area contributed by atoms with Gasteiger partial charge in [-0.1, -0.05) is 17.7 Å². The topological polar surface area (TPSA) is 52.0 Å². The van der Waals surface area contributed by atoms with Gasteiger partial charge in [0.25, 0.3) is 0 Å². The molecule has 2 nitrogen and oxygen atoms in total. The fourth-order valence-corrected chi connectivity index (χ4v) is 1.59. The Labute approximate surface area is 102 Å². The van der Waals surface area contributed by atoms with Crippen LogP contribution in [-0.4, -0.2) is 6.54 Å². The number of hydrogen-bond acceptors (Lipinski definition) is 2. The van der Waals surface area contributed by atoms with E-state index in [1.165, 1.54) is 12.1 Å². The van der Waals surface area contributed by atoms with E-state index in [4.69, 9.17) is 23.1 Å². The predicted octanol–water partition coefficient (Wildman–Crippen LogP) is 2.74. The van der Waals surface area contributed by atoms with E-state index in [0.717, 1.165) is 6.07 Å². The molecule has 1 aromatic carbocycles. The van der Waals surface area contributed by atoms with E-state index in [9.17, 15) is 13.2 Å². The van der Waals surface area contributed by atoms with E-state index >= 15 is 0 Å². The normalized spacial score (nSPS) is 13.1. The molecule has 0 radical (unpaired) electrons. The molecule has 0 heterocycles. The Balaban J connectivity index is 0.00000225. The molecule has 1 aromatic rings. The summed E-state index contributed by atoms with van der Waals surface area (Å²) < 4.78 is 37.7. The van der Waals surface area contributed by atoms with Gasteiger partial charge in [-0.2, -0.15) is 13.2 Å². The van der Waals surface area contributed by atoms with Crippen molar-refractivity contribution in [2.45, 2.75) is 12.2 Å². The van der Waals surface area contributed by atoms with Crippen LogP contribution >= 0.6 is 24.0 Å². The van der Waals surface area contributed by atoms with Gasteiger partial charge in [-0.3, -0.25) is 0 Å². The Hall–Kier alpha value is -0.490. The summed E-state index contributed by atoms with van der Waals surface area (Å²) in [6.45, 7) is -0.0905. The molecule has 0 aliphatic heterocycles. The van der Waals surface area contributed by atoms with Crippen molar-refractivity contribution in [3.63, 3.8) is 0 Å². The van der Waals surface area contributed by atoms with Gasteiger partial charge in [0.2, 0.25) is 0 Å². The first-order valence-electron chi connectivity index (χ1n) is 4.19. The molecule has 92 valence electrons. The lowest BCUT2D eigenvalue weighted by Crippen LogP contribution is -2.24. The van der Waals surface area contributed by atoms with Crippen LogP contribution in [0.3, 0.4) is 0 Å². The minimum Gasteiger partial charge on any atom is -0.329 e. The molecule has 1 atom stereocenters. The molecule has 0 aromatic heterocycles. The first-order chi connectivity index (χ1) is 6.88. The van der Waals surface area contributed by atoms with Crippen molar-refractivity contribution >= 4 is 24.0 Å². The molecule has 0 fully saturated rings. The van der Waals surface area contributed by atoms with Crippen LogP contribution in [0.25, 0.3) is 0 Å². The largest absolute Gasteiger partial charge is 0.416 e. The van der Waals surface area contributed by atoms with Crippen molar-refractivity contribution in [1.29, 1.82) is 0 Å². The lowest BCUT2D eigenvalue weighted by atomic mass is 10.0. The highest BCUT2D eigenvalue weighted by Crippen LogP contribution is 2.37. The molecule has 0 saturated carbocycles. The van der Waals surface area contributed by atoms with Gasteiger partial charge in [0, 0.05) is 23.2 Å².